The van der Waals surface area contributed by atoms with E-state index < -0.39 is 0 Å². The van der Waals surface area contributed by atoms with Gasteiger partial charge in [0, 0.05) is 18.2 Å². The van der Waals surface area contributed by atoms with E-state index in [1.165, 1.54) is 12.8 Å². The fraction of sp³-hybridized carbons (Fsp3) is 0.571. The zero-order chi connectivity index (χ0) is 11.8. The molecule has 2 fully saturated rings. The van der Waals surface area contributed by atoms with Crippen molar-refractivity contribution in [2.75, 3.05) is 7.05 Å². The summed E-state index contributed by atoms with van der Waals surface area (Å²) in [5, 5.41) is 9.41. The van der Waals surface area contributed by atoms with Gasteiger partial charge in [0.05, 0.1) is 0 Å². The predicted octanol–water partition coefficient (Wildman–Crippen LogP) is 2.40. The first-order chi connectivity index (χ1) is 8.22. The van der Waals surface area contributed by atoms with E-state index in [9.17, 15) is 5.11 Å². The maximum absolute atomic E-state index is 9.41. The number of fused-ring (bicyclic) bond motifs is 2. The van der Waals surface area contributed by atoms with Crippen molar-refractivity contribution in [2.24, 2.45) is 0 Å². The van der Waals surface area contributed by atoms with Gasteiger partial charge in [0.25, 0.3) is 0 Å². The molecule has 2 aliphatic heterocycles. The average molecular weight is 233 g/mol. The highest BCUT2D eigenvalue weighted by Gasteiger charge is 2.39. The highest BCUT2D eigenvalue weighted by atomic mass is 16.5. The summed E-state index contributed by atoms with van der Waals surface area (Å²) in [6, 6.07) is 8.49. The molecule has 2 saturated heterocycles. The number of aromatic hydroxyl groups is 1. The second-order valence-electron chi connectivity index (χ2n) is 5.26. The minimum absolute atomic E-state index is 0.276. The van der Waals surface area contributed by atoms with Crippen LogP contribution in [-0.4, -0.2) is 35.2 Å². The van der Waals surface area contributed by atoms with Crippen molar-refractivity contribution in [1.82, 2.24) is 4.90 Å². The minimum atomic E-state index is 0.276. The second-order valence-corrected chi connectivity index (χ2v) is 5.26. The number of phenolic OH excluding ortho intramolecular Hbond substituents is 1. The Morgan fingerprint density at radius 1 is 1.24 bits per heavy atom. The van der Waals surface area contributed by atoms with E-state index in [1.54, 1.807) is 12.1 Å². The van der Waals surface area contributed by atoms with Crippen molar-refractivity contribution >= 4 is 0 Å². The Hall–Kier alpha value is -1.22. The van der Waals surface area contributed by atoms with Crippen LogP contribution < -0.4 is 4.74 Å². The number of ether oxygens (including phenoxy) is 1. The molecule has 0 aromatic heterocycles. The van der Waals surface area contributed by atoms with Crippen molar-refractivity contribution < 1.29 is 9.84 Å². The van der Waals surface area contributed by atoms with Crippen LogP contribution in [0.25, 0.3) is 0 Å². The summed E-state index contributed by atoms with van der Waals surface area (Å²) >= 11 is 0. The van der Waals surface area contributed by atoms with E-state index in [4.69, 9.17) is 4.74 Å². The van der Waals surface area contributed by atoms with Crippen LogP contribution in [0, 0.1) is 0 Å². The number of hydrogen-bond donors (Lipinski definition) is 1. The predicted molar refractivity (Wildman–Crippen MR) is 66.3 cm³/mol. The topological polar surface area (TPSA) is 32.7 Å². The zero-order valence-corrected chi connectivity index (χ0v) is 10.2. The Labute approximate surface area is 102 Å². The molecule has 3 heteroatoms. The fourth-order valence-electron chi connectivity index (χ4n) is 3.21. The molecule has 0 radical (unpaired) electrons. The Balaban J connectivity index is 1.67. The molecule has 17 heavy (non-hydrogen) atoms. The van der Waals surface area contributed by atoms with Crippen LogP contribution in [0.15, 0.2) is 24.3 Å². The lowest BCUT2D eigenvalue weighted by atomic mass is 10.0. The van der Waals surface area contributed by atoms with Crippen LogP contribution in [0.4, 0.5) is 0 Å². The van der Waals surface area contributed by atoms with E-state index in [1.807, 2.05) is 12.1 Å². The van der Waals surface area contributed by atoms with E-state index >= 15 is 0 Å². The number of phenols is 1. The summed E-state index contributed by atoms with van der Waals surface area (Å²) in [4.78, 5) is 2.50. The van der Waals surface area contributed by atoms with Gasteiger partial charge in [-0.25, -0.2) is 0 Å². The fourth-order valence-corrected chi connectivity index (χ4v) is 3.21. The van der Waals surface area contributed by atoms with Crippen molar-refractivity contribution in [3.63, 3.8) is 0 Å². The molecular formula is C14H19NO2. The molecule has 0 amide bonds. The normalized spacial score (nSPS) is 32.6. The van der Waals surface area contributed by atoms with Crippen LogP contribution >= 0.6 is 0 Å². The third-order valence-corrected chi connectivity index (χ3v) is 4.18. The Kier molecular flexibility index (Phi) is 2.71. The highest BCUT2D eigenvalue weighted by Crippen LogP contribution is 2.36. The van der Waals surface area contributed by atoms with Crippen molar-refractivity contribution in [1.29, 1.82) is 0 Å². The molecule has 2 bridgehead atoms. The maximum Gasteiger partial charge on any atom is 0.123 e. The molecule has 1 N–H and O–H groups in total. The standard InChI is InChI=1S/C14H19NO2/c1-15-10-5-6-11(15)8-14(7-10)17-13-4-2-3-12(16)9-13/h2-4,9-11,14,16H,5-8H2,1H3. The molecule has 2 atom stereocenters. The molecule has 92 valence electrons. The summed E-state index contributed by atoms with van der Waals surface area (Å²) in [6.07, 6.45) is 5.15. The number of hydrogen-bond acceptors (Lipinski definition) is 3. The Bertz CT molecular complexity index is 393. The van der Waals surface area contributed by atoms with Gasteiger partial charge >= 0.3 is 0 Å². The van der Waals surface area contributed by atoms with Gasteiger partial charge in [-0.3, -0.25) is 0 Å². The summed E-state index contributed by atoms with van der Waals surface area (Å²) in [5.41, 5.74) is 0. The van der Waals surface area contributed by atoms with Crippen molar-refractivity contribution in [2.45, 2.75) is 43.9 Å². The maximum atomic E-state index is 9.41. The Morgan fingerprint density at radius 3 is 2.59 bits per heavy atom. The van der Waals surface area contributed by atoms with Crippen molar-refractivity contribution in [3.05, 3.63) is 24.3 Å². The molecule has 2 unspecified atom stereocenters. The van der Waals surface area contributed by atoms with Gasteiger partial charge in [-0.15, -0.1) is 0 Å². The lowest BCUT2D eigenvalue weighted by molar-refractivity contribution is 0.0660. The number of piperidine rings is 1. The number of benzene rings is 1. The SMILES string of the molecule is CN1C2CCC1CC(Oc1cccc(O)c1)C2. The molecule has 1 aromatic rings. The largest absolute Gasteiger partial charge is 0.508 e. The van der Waals surface area contributed by atoms with Crippen LogP contribution in [0.3, 0.4) is 0 Å². The monoisotopic (exact) mass is 233 g/mol. The van der Waals surface area contributed by atoms with Gasteiger partial charge in [-0.05, 0) is 44.9 Å². The first-order valence-corrected chi connectivity index (χ1v) is 6.40. The van der Waals surface area contributed by atoms with Crippen LogP contribution in [0.5, 0.6) is 11.5 Å². The molecule has 0 aliphatic carbocycles. The highest BCUT2D eigenvalue weighted by molar-refractivity contribution is 5.31. The number of rotatable bonds is 2. The lowest BCUT2D eigenvalue weighted by Crippen LogP contribution is -2.43. The van der Waals surface area contributed by atoms with Gasteiger partial charge < -0.3 is 14.7 Å². The van der Waals surface area contributed by atoms with Gasteiger partial charge in [0.2, 0.25) is 0 Å². The third kappa shape index (κ3) is 2.12. The van der Waals surface area contributed by atoms with E-state index in [0.29, 0.717) is 18.2 Å². The average Bonchev–Trinajstić information content (AvgIpc) is 2.52. The minimum Gasteiger partial charge on any atom is -0.508 e. The van der Waals surface area contributed by atoms with E-state index in [2.05, 4.69) is 11.9 Å². The third-order valence-electron chi connectivity index (χ3n) is 4.18. The molecule has 1 aromatic carbocycles. The molecular weight excluding hydrogens is 214 g/mol. The molecule has 3 rings (SSSR count). The van der Waals surface area contributed by atoms with Crippen LogP contribution in [0.2, 0.25) is 0 Å². The molecule has 2 aliphatic rings. The summed E-state index contributed by atoms with van der Waals surface area (Å²) in [7, 11) is 2.23. The molecule has 2 heterocycles. The first-order valence-electron chi connectivity index (χ1n) is 6.40. The summed E-state index contributed by atoms with van der Waals surface area (Å²) < 4.78 is 5.98. The van der Waals surface area contributed by atoms with Gasteiger partial charge in [-0.1, -0.05) is 6.07 Å². The summed E-state index contributed by atoms with van der Waals surface area (Å²) in [6.45, 7) is 0. The zero-order valence-electron chi connectivity index (χ0n) is 10.2. The number of nitrogens with zero attached hydrogens (tertiary/aromatic N) is 1. The molecule has 0 spiro atoms. The second kappa shape index (κ2) is 4.22. The van der Waals surface area contributed by atoms with Gasteiger partial charge in [-0.2, -0.15) is 0 Å². The smallest absolute Gasteiger partial charge is 0.123 e. The lowest BCUT2D eigenvalue weighted by Gasteiger charge is -2.36. The molecule has 3 nitrogen and oxygen atoms in total. The molecule has 0 saturated carbocycles. The van der Waals surface area contributed by atoms with Crippen LogP contribution in [0.1, 0.15) is 25.7 Å². The first kappa shape index (κ1) is 10.9. The van der Waals surface area contributed by atoms with E-state index in [-0.39, 0.29) is 5.75 Å². The summed E-state index contributed by atoms with van der Waals surface area (Å²) in [5.74, 6) is 1.07. The quantitative estimate of drug-likeness (QED) is 0.851. The van der Waals surface area contributed by atoms with Crippen LogP contribution in [-0.2, 0) is 0 Å². The van der Waals surface area contributed by atoms with Gasteiger partial charge in [0.1, 0.15) is 17.6 Å². The van der Waals surface area contributed by atoms with E-state index in [0.717, 1.165) is 18.6 Å². The van der Waals surface area contributed by atoms with Gasteiger partial charge in [0.15, 0.2) is 0 Å². The Morgan fingerprint density at radius 2 is 1.94 bits per heavy atom. The van der Waals surface area contributed by atoms with Crippen molar-refractivity contribution in [3.8, 4) is 11.5 Å².